The molecule has 4 heteroatoms. The lowest BCUT2D eigenvalue weighted by atomic mass is 9.77. The summed E-state index contributed by atoms with van der Waals surface area (Å²) < 4.78 is 5.89. The van der Waals surface area contributed by atoms with Gasteiger partial charge < -0.3 is 10.1 Å². The Kier molecular flexibility index (Phi) is 4.49. The summed E-state index contributed by atoms with van der Waals surface area (Å²) in [5, 5.41) is 5.12. The molecule has 1 aliphatic heterocycles. The number of allylic oxidation sites excluding steroid dienone is 2. The maximum Gasteiger partial charge on any atom is 0.125 e. The molecule has 0 aromatic heterocycles. The Labute approximate surface area is 158 Å². The Bertz CT molecular complexity index is 846. The van der Waals surface area contributed by atoms with E-state index in [-0.39, 0.29) is 12.0 Å². The second-order valence-corrected chi connectivity index (χ2v) is 7.25. The molecule has 0 amide bonds. The first-order chi connectivity index (χ1) is 12.2. The SMILES string of the molecule is C=CCOc1ccccc1[C@@H]1Nc2c(Cl)ccc(Cl)c2[C@@H]2C=CC[C@H]21. The predicted octanol–water partition coefficient (Wildman–Crippen LogP) is 6.38. The van der Waals surface area contributed by atoms with Crippen molar-refractivity contribution < 1.29 is 4.74 Å². The molecule has 2 aromatic rings. The number of ether oxygens (including phenoxy) is 1. The maximum atomic E-state index is 6.51. The lowest BCUT2D eigenvalue weighted by molar-refractivity contribution is 0.346. The van der Waals surface area contributed by atoms with Gasteiger partial charge in [-0.25, -0.2) is 0 Å². The van der Waals surface area contributed by atoms with Crippen molar-refractivity contribution in [2.45, 2.75) is 18.4 Å². The molecule has 1 heterocycles. The van der Waals surface area contributed by atoms with Crippen LogP contribution in [0.25, 0.3) is 0 Å². The van der Waals surface area contributed by atoms with Gasteiger partial charge in [0.2, 0.25) is 0 Å². The first kappa shape index (κ1) is 16.6. The van der Waals surface area contributed by atoms with E-state index in [1.54, 1.807) is 6.08 Å². The molecule has 0 saturated heterocycles. The van der Waals surface area contributed by atoms with E-state index in [1.165, 1.54) is 0 Å². The van der Waals surface area contributed by atoms with Crippen molar-refractivity contribution in [3.8, 4) is 5.75 Å². The van der Waals surface area contributed by atoms with Crippen LogP contribution in [-0.2, 0) is 0 Å². The van der Waals surface area contributed by atoms with Gasteiger partial charge in [-0.2, -0.15) is 0 Å². The summed E-state index contributed by atoms with van der Waals surface area (Å²) in [6, 6.07) is 12.0. The molecule has 2 aliphatic rings. The lowest BCUT2D eigenvalue weighted by Gasteiger charge is -2.38. The Morgan fingerprint density at radius 2 is 1.96 bits per heavy atom. The van der Waals surface area contributed by atoms with Crippen LogP contribution < -0.4 is 10.1 Å². The van der Waals surface area contributed by atoms with E-state index in [0.29, 0.717) is 17.5 Å². The molecule has 1 aliphatic carbocycles. The zero-order valence-electron chi connectivity index (χ0n) is 13.7. The van der Waals surface area contributed by atoms with Crippen LogP contribution in [-0.4, -0.2) is 6.61 Å². The minimum atomic E-state index is 0.115. The fourth-order valence-electron chi connectivity index (χ4n) is 3.95. The van der Waals surface area contributed by atoms with Crippen LogP contribution >= 0.6 is 23.2 Å². The molecule has 25 heavy (non-hydrogen) atoms. The van der Waals surface area contributed by atoms with E-state index in [2.05, 4.69) is 30.1 Å². The minimum absolute atomic E-state index is 0.115. The van der Waals surface area contributed by atoms with E-state index >= 15 is 0 Å². The van der Waals surface area contributed by atoms with Crippen molar-refractivity contribution in [1.82, 2.24) is 0 Å². The number of anilines is 1. The van der Waals surface area contributed by atoms with Crippen molar-refractivity contribution >= 4 is 28.9 Å². The van der Waals surface area contributed by atoms with E-state index in [1.807, 2.05) is 30.3 Å². The van der Waals surface area contributed by atoms with Crippen LogP contribution in [0.3, 0.4) is 0 Å². The van der Waals surface area contributed by atoms with Gasteiger partial charge in [0, 0.05) is 22.1 Å². The quantitative estimate of drug-likeness (QED) is 0.629. The van der Waals surface area contributed by atoms with Crippen LogP contribution in [0.4, 0.5) is 5.69 Å². The molecule has 0 saturated carbocycles. The summed E-state index contributed by atoms with van der Waals surface area (Å²) >= 11 is 13.0. The molecule has 128 valence electrons. The van der Waals surface area contributed by atoms with Gasteiger partial charge in [0.25, 0.3) is 0 Å². The number of hydrogen-bond donors (Lipinski definition) is 1. The summed E-state index contributed by atoms with van der Waals surface area (Å²) in [5.74, 6) is 1.53. The Hall–Kier alpha value is -1.90. The maximum absolute atomic E-state index is 6.51. The monoisotopic (exact) mass is 371 g/mol. The van der Waals surface area contributed by atoms with E-state index in [0.717, 1.165) is 34.0 Å². The van der Waals surface area contributed by atoms with Crippen LogP contribution in [0, 0.1) is 5.92 Å². The van der Waals surface area contributed by atoms with Crippen LogP contribution in [0.15, 0.2) is 61.2 Å². The summed E-state index contributed by atoms with van der Waals surface area (Å²) in [7, 11) is 0. The molecule has 0 bridgehead atoms. The second-order valence-electron chi connectivity index (χ2n) is 6.43. The van der Waals surface area contributed by atoms with Crippen LogP contribution in [0.1, 0.15) is 29.5 Å². The van der Waals surface area contributed by atoms with Gasteiger partial charge >= 0.3 is 0 Å². The lowest BCUT2D eigenvalue weighted by Crippen LogP contribution is -2.30. The second kappa shape index (κ2) is 6.78. The Morgan fingerprint density at radius 1 is 1.16 bits per heavy atom. The molecule has 3 atom stereocenters. The molecule has 0 unspecified atom stereocenters. The highest BCUT2D eigenvalue weighted by Crippen LogP contribution is 2.54. The molecule has 2 nitrogen and oxygen atoms in total. The van der Waals surface area contributed by atoms with E-state index < -0.39 is 0 Å². The van der Waals surface area contributed by atoms with Crippen LogP contribution in [0.2, 0.25) is 10.0 Å². The topological polar surface area (TPSA) is 21.3 Å². The molecule has 0 radical (unpaired) electrons. The van der Waals surface area contributed by atoms with E-state index in [9.17, 15) is 0 Å². The summed E-state index contributed by atoms with van der Waals surface area (Å²) in [6.45, 7) is 4.22. The number of halogens is 2. The standard InChI is InChI=1S/C21H19Cl2NO/c1-2-12-25-18-9-4-3-6-15(18)20-14-8-5-7-13(14)19-16(22)10-11-17(23)21(19)24-20/h2-7,9-11,13-14,20,24H,1,8,12H2/t13-,14-,20-/m1/s1. The van der Waals surface area contributed by atoms with E-state index in [4.69, 9.17) is 27.9 Å². The third-order valence-electron chi connectivity index (χ3n) is 5.03. The number of hydrogen-bond acceptors (Lipinski definition) is 2. The summed E-state index contributed by atoms with van der Waals surface area (Å²) in [5.41, 5.74) is 3.18. The van der Waals surface area contributed by atoms with Gasteiger partial charge in [-0.05, 0) is 30.5 Å². The number of fused-ring (bicyclic) bond motifs is 3. The fourth-order valence-corrected chi connectivity index (χ4v) is 4.46. The van der Waals surface area contributed by atoms with Crippen LogP contribution in [0.5, 0.6) is 5.75 Å². The largest absolute Gasteiger partial charge is 0.489 e. The van der Waals surface area contributed by atoms with Gasteiger partial charge in [0.05, 0.1) is 16.8 Å². The smallest absolute Gasteiger partial charge is 0.125 e. The molecule has 0 fully saturated rings. The zero-order valence-corrected chi connectivity index (χ0v) is 15.2. The minimum Gasteiger partial charge on any atom is -0.489 e. The Morgan fingerprint density at radius 3 is 2.80 bits per heavy atom. The third-order valence-corrected chi connectivity index (χ3v) is 5.67. The number of rotatable bonds is 4. The summed E-state index contributed by atoms with van der Waals surface area (Å²) in [4.78, 5) is 0. The predicted molar refractivity (Wildman–Crippen MR) is 105 cm³/mol. The molecule has 4 rings (SSSR count). The fraction of sp³-hybridized carbons (Fsp3) is 0.238. The highest BCUT2D eigenvalue weighted by Gasteiger charge is 2.40. The molecule has 2 aromatic carbocycles. The highest BCUT2D eigenvalue weighted by atomic mass is 35.5. The summed E-state index contributed by atoms with van der Waals surface area (Å²) in [6.07, 6.45) is 7.26. The molecule has 1 N–H and O–H groups in total. The normalized spacial score (nSPS) is 23.5. The van der Waals surface area contributed by atoms with Crippen molar-refractivity contribution in [3.05, 3.63) is 82.4 Å². The third kappa shape index (κ3) is 2.84. The number of nitrogens with one attached hydrogen (secondary N) is 1. The number of benzene rings is 2. The zero-order chi connectivity index (χ0) is 17.4. The highest BCUT2D eigenvalue weighted by molar-refractivity contribution is 6.36. The van der Waals surface area contributed by atoms with Gasteiger partial charge in [-0.15, -0.1) is 0 Å². The van der Waals surface area contributed by atoms with Gasteiger partial charge in [-0.3, -0.25) is 0 Å². The average Bonchev–Trinajstić information content (AvgIpc) is 3.12. The van der Waals surface area contributed by atoms with Gasteiger partial charge in [-0.1, -0.05) is 66.2 Å². The Balaban J connectivity index is 1.80. The first-order valence-electron chi connectivity index (χ1n) is 8.44. The van der Waals surface area contributed by atoms with Crippen molar-refractivity contribution in [2.24, 2.45) is 5.92 Å². The molecular formula is C21H19Cl2NO. The number of para-hydroxylation sites is 1. The van der Waals surface area contributed by atoms with Gasteiger partial charge in [0.1, 0.15) is 12.4 Å². The first-order valence-corrected chi connectivity index (χ1v) is 9.20. The van der Waals surface area contributed by atoms with Crippen molar-refractivity contribution in [2.75, 3.05) is 11.9 Å². The van der Waals surface area contributed by atoms with Crippen molar-refractivity contribution in [3.63, 3.8) is 0 Å². The molecular weight excluding hydrogens is 353 g/mol. The van der Waals surface area contributed by atoms with Gasteiger partial charge in [0.15, 0.2) is 0 Å². The molecule has 0 spiro atoms. The average molecular weight is 372 g/mol. The van der Waals surface area contributed by atoms with Crippen molar-refractivity contribution in [1.29, 1.82) is 0 Å².